The second kappa shape index (κ2) is 5.92. The van der Waals surface area contributed by atoms with E-state index in [0.717, 1.165) is 29.4 Å². The maximum absolute atomic E-state index is 8.52. The van der Waals surface area contributed by atoms with Crippen LogP contribution in [-0.2, 0) is 0 Å². The lowest BCUT2D eigenvalue weighted by Gasteiger charge is -2.06. The second-order valence-electron chi connectivity index (χ2n) is 3.99. The molecule has 5 nitrogen and oxygen atoms in total. The number of hydrogen-bond donors (Lipinski definition) is 1. The summed E-state index contributed by atoms with van der Waals surface area (Å²) in [6.07, 6.45) is 3.88. The van der Waals surface area contributed by atoms with Crippen LogP contribution >= 0.6 is 0 Å². The molecule has 18 heavy (non-hydrogen) atoms. The van der Waals surface area contributed by atoms with Crippen LogP contribution in [0.5, 0.6) is 0 Å². The molecule has 2 aromatic rings. The smallest absolute Gasteiger partial charge is 0.117 e. The Morgan fingerprint density at radius 2 is 2.39 bits per heavy atom. The van der Waals surface area contributed by atoms with Crippen molar-refractivity contribution in [1.82, 2.24) is 9.94 Å². The summed E-state index contributed by atoms with van der Waals surface area (Å²) in [6, 6.07) is 7.86. The minimum absolute atomic E-state index is 0.298. The zero-order valence-corrected chi connectivity index (χ0v) is 10.4. The lowest BCUT2D eigenvalue weighted by Crippen LogP contribution is -2.13. The van der Waals surface area contributed by atoms with E-state index in [-0.39, 0.29) is 0 Å². The van der Waals surface area contributed by atoms with Crippen molar-refractivity contribution in [2.75, 3.05) is 18.5 Å². The van der Waals surface area contributed by atoms with Gasteiger partial charge in [0, 0.05) is 11.1 Å². The van der Waals surface area contributed by atoms with Crippen molar-refractivity contribution in [3.8, 4) is 6.07 Å². The van der Waals surface area contributed by atoms with Crippen molar-refractivity contribution in [2.24, 2.45) is 0 Å². The first-order valence-electron chi connectivity index (χ1n) is 6.07. The van der Waals surface area contributed by atoms with E-state index >= 15 is 0 Å². The second-order valence-corrected chi connectivity index (χ2v) is 3.99. The third kappa shape index (κ3) is 2.72. The molecule has 2 rings (SSSR count). The van der Waals surface area contributed by atoms with E-state index in [0.29, 0.717) is 13.2 Å². The molecule has 0 spiro atoms. The molecule has 5 heteroatoms. The molecule has 0 unspecified atom stereocenters. The van der Waals surface area contributed by atoms with Crippen LogP contribution in [0.3, 0.4) is 0 Å². The predicted octanol–water partition coefficient (Wildman–Crippen LogP) is 2.20. The monoisotopic (exact) mass is 244 g/mol. The molecule has 0 radical (unpaired) electrons. The van der Waals surface area contributed by atoms with Crippen molar-refractivity contribution in [3.63, 3.8) is 0 Å². The summed E-state index contributed by atoms with van der Waals surface area (Å²) < 4.78 is 0. The third-order valence-electron chi connectivity index (χ3n) is 2.62. The molecular formula is C13H16N4O. The van der Waals surface area contributed by atoms with Crippen molar-refractivity contribution in [2.45, 2.75) is 19.8 Å². The predicted molar refractivity (Wildman–Crippen MR) is 70.2 cm³/mol. The number of nitrogens with one attached hydrogen (secondary N) is 1. The summed E-state index contributed by atoms with van der Waals surface area (Å²) in [7, 11) is 0. The molecule has 1 heterocycles. The Morgan fingerprint density at radius 3 is 3.17 bits per heavy atom. The fraction of sp³-hybridized carbons (Fsp3) is 0.385. The molecule has 1 aromatic heterocycles. The maximum Gasteiger partial charge on any atom is 0.117 e. The van der Waals surface area contributed by atoms with Gasteiger partial charge >= 0.3 is 0 Å². The van der Waals surface area contributed by atoms with Gasteiger partial charge in [-0.25, -0.2) is 0 Å². The number of aromatic nitrogens is 2. The molecule has 94 valence electrons. The Bertz CT molecular complexity index is 556. The van der Waals surface area contributed by atoms with E-state index in [9.17, 15) is 0 Å². The number of nitrogens with zero attached hydrogens (tertiary/aromatic N) is 3. The van der Waals surface area contributed by atoms with E-state index in [2.05, 4.69) is 17.3 Å². The number of anilines is 1. The molecule has 0 aliphatic rings. The van der Waals surface area contributed by atoms with Gasteiger partial charge in [0.25, 0.3) is 0 Å². The van der Waals surface area contributed by atoms with Gasteiger partial charge in [-0.15, -0.1) is 5.10 Å². The Labute approximate surface area is 106 Å². The Kier molecular flexibility index (Phi) is 4.02. The van der Waals surface area contributed by atoms with Crippen molar-refractivity contribution >= 4 is 16.6 Å². The van der Waals surface area contributed by atoms with E-state index < -0.39 is 0 Å². The average Bonchev–Trinajstić information content (AvgIpc) is 2.79. The molecule has 0 saturated carbocycles. The number of benzene rings is 1. The SMILES string of the molecule is CCCCOn1ncc2cc(NCC#N)ccc21. The third-order valence-corrected chi connectivity index (χ3v) is 2.62. The van der Waals surface area contributed by atoms with Crippen molar-refractivity contribution in [3.05, 3.63) is 24.4 Å². The lowest BCUT2D eigenvalue weighted by molar-refractivity contribution is 0.0897. The molecule has 1 aromatic carbocycles. The summed E-state index contributed by atoms with van der Waals surface area (Å²) in [5.41, 5.74) is 1.85. The van der Waals surface area contributed by atoms with Crippen molar-refractivity contribution < 1.29 is 4.84 Å². The standard InChI is InChI=1S/C13H16N4O/c1-2-3-8-18-17-13-5-4-12(15-7-6-14)9-11(13)10-16-17/h4-5,9-10,15H,2-3,7-8H2,1H3. The van der Waals surface area contributed by atoms with Crippen LogP contribution in [0.2, 0.25) is 0 Å². The first-order valence-corrected chi connectivity index (χ1v) is 6.07. The molecular weight excluding hydrogens is 228 g/mol. The van der Waals surface area contributed by atoms with Gasteiger partial charge in [-0.05, 0) is 24.6 Å². The highest BCUT2D eigenvalue weighted by atomic mass is 16.7. The molecule has 0 aliphatic carbocycles. The fourth-order valence-corrected chi connectivity index (χ4v) is 1.66. The van der Waals surface area contributed by atoms with Gasteiger partial charge in [0.2, 0.25) is 0 Å². The fourth-order valence-electron chi connectivity index (χ4n) is 1.66. The van der Waals surface area contributed by atoms with Crippen LogP contribution in [0, 0.1) is 11.3 Å². The van der Waals surface area contributed by atoms with Gasteiger partial charge in [0.1, 0.15) is 18.7 Å². The Balaban J connectivity index is 2.13. The first-order chi connectivity index (χ1) is 8.85. The lowest BCUT2D eigenvalue weighted by atomic mass is 10.2. The molecule has 0 atom stereocenters. The number of nitriles is 1. The van der Waals surface area contributed by atoms with Crippen LogP contribution < -0.4 is 10.2 Å². The van der Waals surface area contributed by atoms with Gasteiger partial charge in [-0.3, -0.25) is 0 Å². The number of fused-ring (bicyclic) bond motifs is 1. The summed E-state index contributed by atoms with van der Waals surface area (Å²) in [6.45, 7) is 3.09. The highest BCUT2D eigenvalue weighted by Crippen LogP contribution is 2.18. The summed E-state index contributed by atoms with van der Waals surface area (Å²) in [4.78, 5) is 7.11. The Morgan fingerprint density at radius 1 is 1.50 bits per heavy atom. The van der Waals surface area contributed by atoms with Gasteiger partial charge in [-0.2, -0.15) is 5.26 Å². The summed E-state index contributed by atoms with van der Waals surface area (Å²) in [5, 5.41) is 16.7. The largest absolute Gasteiger partial charge is 0.396 e. The van der Waals surface area contributed by atoms with Gasteiger partial charge in [0.15, 0.2) is 0 Å². The summed E-state index contributed by atoms with van der Waals surface area (Å²) in [5.74, 6) is 0. The minimum Gasteiger partial charge on any atom is -0.396 e. The van der Waals surface area contributed by atoms with Crippen LogP contribution in [0.15, 0.2) is 24.4 Å². The van der Waals surface area contributed by atoms with Crippen LogP contribution in [0.25, 0.3) is 10.9 Å². The number of hydrogen-bond acceptors (Lipinski definition) is 4. The average molecular weight is 244 g/mol. The number of unbranched alkanes of at least 4 members (excludes halogenated alkanes) is 1. The first kappa shape index (κ1) is 12.2. The van der Waals surface area contributed by atoms with E-state index in [4.69, 9.17) is 10.1 Å². The van der Waals surface area contributed by atoms with E-state index in [1.54, 1.807) is 11.0 Å². The molecule has 0 amide bonds. The Hall–Kier alpha value is -2.22. The molecule has 0 fully saturated rings. The van der Waals surface area contributed by atoms with Crippen LogP contribution in [0.1, 0.15) is 19.8 Å². The molecule has 1 N–H and O–H groups in total. The quantitative estimate of drug-likeness (QED) is 0.625. The van der Waals surface area contributed by atoms with Crippen molar-refractivity contribution in [1.29, 1.82) is 5.26 Å². The van der Waals surface area contributed by atoms with E-state index in [1.807, 2.05) is 24.3 Å². The highest BCUT2D eigenvalue weighted by molar-refractivity contribution is 5.82. The van der Waals surface area contributed by atoms with Gasteiger partial charge in [0.05, 0.1) is 12.3 Å². The van der Waals surface area contributed by atoms with Crippen LogP contribution in [0.4, 0.5) is 5.69 Å². The zero-order chi connectivity index (χ0) is 12.8. The normalized spacial score (nSPS) is 10.2. The molecule has 0 aliphatic heterocycles. The topological polar surface area (TPSA) is 62.9 Å². The van der Waals surface area contributed by atoms with Gasteiger partial charge < -0.3 is 10.2 Å². The van der Waals surface area contributed by atoms with Gasteiger partial charge in [-0.1, -0.05) is 18.2 Å². The number of rotatable bonds is 6. The highest BCUT2D eigenvalue weighted by Gasteiger charge is 2.04. The maximum atomic E-state index is 8.52. The van der Waals surface area contributed by atoms with Crippen LogP contribution in [-0.4, -0.2) is 23.1 Å². The minimum atomic E-state index is 0.298. The summed E-state index contributed by atoms with van der Waals surface area (Å²) >= 11 is 0. The zero-order valence-electron chi connectivity index (χ0n) is 10.4. The molecule has 0 bridgehead atoms. The van der Waals surface area contributed by atoms with E-state index in [1.165, 1.54) is 0 Å². The molecule has 0 saturated heterocycles.